The van der Waals surface area contributed by atoms with Crippen LogP contribution in [0, 0.1) is 0 Å². The number of aliphatic hydroxyl groups is 2. The van der Waals surface area contributed by atoms with Gasteiger partial charge in [-0.3, -0.25) is 4.79 Å². The topological polar surface area (TPSA) is 78.8 Å². The van der Waals surface area contributed by atoms with E-state index in [-0.39, 0.29) is 24.7 Å². The Morgan fingerprint density at radius 1 is 1.60 bits per heavy atom. The van der Waals surface area contributed by atoms with Crippen molar-refractivity contribution in [3.8, 4) is 0 Å². The Kier molecular flexibility index (Phi) is 5.01. The second-order valence-electron chi connectivity index (χ2n) is 3.94. The highest BCUT2D eigenvalue weighted by molar-refractivity contribution is 5.75. The summed E-state index contributed by atoms with van der Waals surface area (Å²) in [6.45, 7) is -0.235. The van der Waals surface area contributed by atoms with Crippen molar-refractivity contribution in [1.29, 1.82) is 0 Å². The summed E-state index contributed by atoms with van der Waals surface area (Å²) >= 11 is 0. The Labute approximate surface area is 89.4 Å². The third-order valence-corrected chi connectivity index (χ3v) is 2.74. The molecule has 0 aromatic carbocycles. The highest BCUT2D eigenvalue weighted by Gasteiger charge is 2.27. The number of carbonyl (C=O) groups is 1. The third kappa shape index (κ3) is 3.77. The summed E-state index contributed by atoms with van der Waals surface area (Å²) in [5.41, 5.74) is 0. The van der Waals surface area contributed by atoms with E-state index in [4.69, 9.17) is 5.11 Å². The molecule has 88 valence electrons. The Balaban J connectivity index is 2.38. The van der Waals surface area contributed by atoms with Crippen LogP contribution in [0.2, 0.25) is 0 Å². The smallest absolute Gasteiger partial charge is 0.322 e. The minimum Gasteiger partial charge on any atom is -0.468 e. The van der Waals surface area contributed by atoms with Crippen LogP contribution < -0.4 is 5.32 Å². The second kappa shape index (κ2) is 6.05. The fraction of sp³-hybridized carbons (Fsp3) is 0.900. The van der Waals surface area contributed by atoms with Gasteiger partial charge in [-0.05, 0) is 25.7 Å². The van der Waals surface area contributed by atoms with Crippen LogP contribution in [-0.4, -0.2) is 48.1 Å². The van der Waals surface area contributed by atoms with Crippen LogP contribution in [-0.2, 0) is 9.53 Å². The number of hydrogen-bond acceptors (Lipinski definition) is 5. The highest BCUT2D eigenvalue weighted by atomic mass is 16.5. The molecule has 0 saturated carbocycles. The highest BCUT2D eigenvalue weighted by Crippen LogP contribution is 2.17. The van der Waals surface area contributed by atoms with Gasteiger partial charge in [-0.2, -0.15) is 0 Å². The van der Waals surface area contributed by atoms with Gasteiger partial charge in [-0.15, -0.1) is 0 Å². The summed E-state index contributed by atoms with van der Waals surface area (Å²) in [4.78, 5) is 11.3. The monoisotopic (exact) mass is 217 g/mol. The predicted molar refractivity (Wildman–Crippen MR) is 54.3 cm³/mol. The first kappa shape index (κ1) is 12.4. The summed E-state index contributed by atoms with van der Waals surface area (Å²) < 4.78 is 4.66. The summed E-state index contributed by atoms with van der Waals surface area (Å²) in [7, 11) is 1.37. The maximum atomic E-state index is 11.3. The molecule has 1 aliphatic rings. The van der Waals surface area contributed by atoms with Gasteiger partial charge >= 0.3 is 5.97 Å². The van der Waals surface area contributed by atoms with E-state index in [0.717, 1.165) is 19.3 Å². The number of hydrogen-bond donors (Lipinski definition) is 3. The van der Waals surface area contributed by atoms with E-state index >= 15 is 0 Å². The lowest BCUT2D eigenvalue weighted by atomic mass is 9.95. The van der Waals surface area contributed by atoms with Gasteiger partial charge in [0.2, 0.25) is 0 Å². The summed E-state index contributed by atoms with van der Waals surface area (Å²) in [6, 6.07) is -0.176. The molecule has 0 amide bonds. The minimum absolute atomic E-state index is 0.0880. The Morgan fingerprint density at radius 3 is 2.93 bits per heavy atom. The van der Waals surface area contributed by atoms with Crippen molar-refractivity contribution in [3.05, 3.63) is 0 Å². The van der Waals surface area contributed by atoms with Crippen LogP contribution in [0.15, 0.2) is 0 Å². The number of rotatable bonds is 4. The molecular weight excluding hydrogens is 198 g/mol. The predicted octanol–water partition coefficient (Wildman–Crippen LogP) is -0.587. The maximum Gasteiger partial charge on any atom is 0.322 e. The number of aliphatic hydroxyl groups excluding tert-OH is 2. The van der Waals surface area contributed by atoms with E-state index in [1.165, 1.54) is 7.11 Å². The van der Waals surface area contributed by atoms with Gasteiger partial charge in [0.1, 0.15) is 6.04 Å². The average molecular weight is 217 g/mol. The van der Waals surface area contributed by atoms with E-state index in [0.29, 0.717) is 6.42 Å². The summed E-state index contributed by atoms with van der Waals surface area (Å²) in [6.07, 6.45) is 2.40. The third-order valence-electron chi connectivity index (χ3n) is 2.74. The van der Waals surface area contributed by atoms with Crippen LogP contribution in [0.5, 0.6) is 0 Å². The molecule has 1 saturated heterocycles. The number of carbonyl (C=O) groups excluding carboxylic acids is 1. The zero-order valence-electron chi connectivity index (χ0n) is 8.98. The minimum atomic E-state index is -0.709. The molecule has 1 rings (SSSR count). The zero-order chi connectivity index (χ0) is 11.3. The molecule has 5 heteroatoms. The first-order valence-electron chi connectivity index (χ1n) is 5.30. The molecule has 15 heavy (non-hydrogen) atoms. The Bertz CT molecular complexity index is 210. The van der Waals surface area contributed by atoms with E-state index in [9.17, 15) is 9.90 Å². The van der Waals surface area contributed by atoms with Crippen molar-refractivity contribution < 1.29 is 19.7 Å². The Morgan fingerprint density at radius 2 is 2.33 bits per heavy atom. The van der Waals surface area contributed by atoms with E-state index < -0.39 is 6.10 Å². The Hall–Kier alpha value is -0.650. The van der Waals surface area contributed by atoms with Crippen LogP contribution in [0.4, 0.5) is 0 Å². The lowest BCUT2D eigenvalue weighted by molar-refractivity contribution is -0.144. The van der Waals surface area contributed by atoms with E-state index in [2.05, 4.69) is 10.1 Å². The second-order valence-corrected chi connectivity index (χ2v) is 3.94. The van der Waals surface area contributed by atoms with Gasteiger partial charge in [-0.1, -0.05) is 0 Å². The number of nitrogens with one attached hydrogen (secondary N) is 1. The fourth-order valence-electron chi connectivity index (χ4n) is 1.94. The maximum absolute atomic E-state index is 11.3. The lowest BCUT2D eigenvalue weighted by Gasteiger charge is -2.30. The molecule has 5 nitrogen and oxygen atoms in total. The molecule has 1 heterocycles. The molecule has 3 N–H and O–H groups in total. The van der Waals surface area contributed by atoms with Gasteiger partial charge in [-0.25, -0.2) is 0 Å². The SMILES string of the molecule is COC(=O)[C@@H]1CCC[C@H](CC(O)CO)N1. The van der Waals surface area contributed by atoms with E-state index in [1.807, 2.05) is 0 Å². The number of methoxy groups -OCH3 is 1. The van der Waals surface area contributed by atoms with E-state index in [1.54, 1.807) is 0 Å². The molecular formula is C10H19NO4. The van der Waals surface area contributed by atoms with Crippen molar-refractivity contribution in [3.63, 3.8) is 0 Å². The average Bonchev–Trinajstić information content (AvgIpc) is 2.28. The number of piperidine rings is 1. The van der Waals surface area contributed by atoms with Crippen LogP contribution >= 0.6 is 0 Å². The molecule has 0 spiro atoms. The van der Waals surface area contributed by atoms with Crippen LogP contribution in [0.1, 0.15) is 25.7 Å². The van der Waals surface area contributed by atoms with Crippen molar-refractivity contribution in [2.75, 3.05) is 13.7 Å². The normalized spacial score (nSPS) is 28.5. The molecule has 3 atom stereocenters. The van der Waals surface area contributed by atoms with Crippen molar-refractivity contribution in [2.24, 2.45) is 0 Å². The summed E-state index contributed by atoms with van der Waals surface area (Å²) in [5, 5.41) is 21.1. The first-order chi connectivity index (χ1) is 7.17. The summed E-state index contributed by atoms with van der Waals surface area (Å²) in [5.74, 6) is -0.252. The quantitative estimate of drug-likeness (QED) is 0.549. The van der Waals surface area contributed by atoms with Gasteiger partial charge in [0.15, 0.2) is 0 Å². The van der Waals surface area contributed by atoms with Crippen LogP contribution in [0.25, 0.3) is 0 Å². The molecule has 1 fully saturated rings. The van der Waals surface area contributed by atoms with Gasteiger partial charge < -0.3 is 20.3 Å². The zero-order valence-corrected chi connectivity index (χ0v) is 8.98. The fourth-order valence-corrected chi connectivity index (χ4v) is 1.94. The first-order valence-corrected chi connectivity index (χ1v) is 5.30. The molecule has 0 aromatic heterocycles. The van der Waals surface area contributed by atoms with Gasteiger partial charge in [0.05, 0.1) is 19.8 Å². The molecule has 0 aliphatic carbocycles. The van der Waals surface area contributed by atoms with Crippen molar-refractivity contribution in [1.82, 2.24) is 5.32 Å². The van der Waals surface area contributed by atoms with Crippen molar-refractivity contribution >= 4 is 5.97 Å². The molecule has 1 unspecified atom stereocenters. The largest absolute Gasteiger partial charge is 0.468 e. The van der Waals surface area contributed by atoms with Gasteiger partial charge in [0.25, 0.3) is 0 Å². The van der Waals surface area contributed by atoms with Crippen LogP contribution in [0.3, 0.4) is 0 Å². The molecule has 0 radical (unpaired) electrons. The van der Waals surface area contributed by atoms with Crippen molar-refractivity contribution in [2.45, 2.75) is 43.9 Å². The molecule has 0 aromatic rings. The standard InChI is InChI=1S/C10H19NO4/c1-15-10(14)9-4-2-3-7(11-9)5-8(13)6-12/h7-9,11-13H,2-6H2,1H3/t7-,8?,9+/m1/s1. The van der Waals surface area contributed by atoms with Gasteiger partial charge in [0, 0.05) is 6.04 Å². The lowest BCUT2D eigenvalue weighted by Crippen LogP contribution is -2.48. The molecule has 0 bridgehead atoms. The number of ether oxygens (including phenoxy) is 1. The molecule has 1 aliphatic heterocycles. The number of esters is 1.